The molecule has 5 rings (SSSR count). The second-order valence-electron chi connectivity index (χ2n) is 8.01. The fraction of sp³-hybridized carbons (Fsp3) is 0.348. The molecule has 0 unspecified atom stereocenters. The van der Waals surface area contributed by atoms with E-state index in [2.05, 4.69) is 0 Å². The molecule has 29 heavy (non-hydrogen) atoms. The van der Waals surface area contributed by atoms with Crippen LogP contribution in [0.25, 0.3) is 0 Å². The number of hydrogen-bond acceptors (Lipinski definition) is 5. The molecule has 0 radical (unpaired) electrons. The number of amides is 2. The van der Waals surface area contributed by atoms with Crippen molar-refractivity contribution in [2.75, 3.05) is 12.0 Å². The molecule has 0 aromatic heterocycles. The number of rotatable bonds is 4. The van der Waals surface area contributed by atoms with Crippen LogP contribution in [0.15, 0.2) is 48.5 Å². The van der Waals surface area contributed by atoms with Crippen LogP contribution in [0.5, 0.6) is 11.5 Å². The van der Waals surface area contributed by atoms with Crippen LogP contribution in [0.1, 0.15) is 29.6 Å². The number of esters is 1. The number of hydrogen-bond donors (Lipinski definition) is 0. The Morgan fingerprint density at radius 1 is 0.931 bits per heavy atom. The monoisotopic (exact) mass is 391 g/mol. The van der Waals surface area contributed by atoms with Crippen LogP contribution >= 0.6 is 0 Å². The van der Waals surface area contributed by atoms with Gasteiger partial charge in [0.05, 0.1) is 30.2 Å². The summed E-state index contributed by atoms with van der Waals surface area (Å²) in [5.74, 6) is 0.682. The molecule has 3 fully saturated rings. The first-order chi connectivity index (χ1) is 14.1. The summed E-state index contributed by atoms with van der Waals surface area (Å²) >= 11 is 0. The zero-order valence-electron chi connectivity index (χ0n) is 16.0. The van der Waals surface area contributed by atoms with Crippen molar-refractivity contribution in [1.82, 2.24) is 0 Å². The Labute approximate surface area is 168 Å². The van der Waals surface area contributed by atoms with Gasteiger partial charge in [0, 0.05) is 0 Å². The van der Waals surface area contributed by atoms with E-state index in [1.165, 1.54) is 12.0 Å². The molecule has 0 spiro atoms. The lowest BCUT2D eigenvalue weighted by molar-refractivity contribution is -0.123. The summed E-state index contributed by atoms with van der Waals surface area (Å²) < 4.78 is 10.5. The van der Waals surface area contributed by atoms with Gasteiger partial charge in [-0.3, -0.25) is 14.5 Å². The lowest BCUT2D eigenvalue weighted by Crippen LogP contribution is -2.32. The van der Waals surface area contributed by atoms with Crippen molar-refractivity contribution >= 4 is 23.5 Å². The quantitative estimate of drug-likeness (QED) is 0.453. The Morgan fingerprint density at radius 2 is 1.59 bits per heavy atom. The average Bonchev–Trinajstić information content (AvgIpc) is 3.43. The summed E-state index contributed by atoms with van der Waals surface area (Å²) in [5, 5.41) is 0. The van der Waals surface area contributed by atoms with Gasteiger partial charge in [0.25, 0.3) is 0 Å². The van der Waals surface area contributed by atoms with Crippen LogP contribution in [0.2, 0.25) is 0 Å². The van der Waals surface area contributed by atoms with E-state index in [1.807, 2.05) is 0 Å². The van der Waals surface area contributed by atoms with Crippen molar-refractivity contribution in [2.24, 2.45) is 23.7 Å². The second kappa shape index (κ2) is 6.72. The van der Waals surface area contributed by atoms with Crippen molar-refractivity contribution in [3.63, 3.8) is 0 Å². The maximum atomic E-state index is 12.9. The highest BCUT2D eigenvalue weighted by Crippen LogP contribution is 2.56. The number of anilines is 1. The minimum atomic E-state index is -0.504. The van der Waals surface area contributed by atoms with E-state index in [1.54, 1.807) is 48.5 Å². The highest BCUT2D eigenvalue weighted by Gasteiger charge is 2.61. The van der Waals surface area contributed by atoms with Gasteiger partial charge >= 0.3 is 5.97 Å². The number of imide groups is 1. The fourth-order valence-electron chi connectivity index (χ4n) is 5.24. The number of carbonyl (C=O) groups is 3. The van der Waals surface area contributed by atoms with Crippen LogP contribution in [0, 0.1) is 23.7 Å². The van der Waals surface area contributed by atoms with Gasteiger partial charge in [-0.1, -0.05) is 6.07 Å². The molecule has 1 saturated heterocycles. The van der Waals surface area contributed by atoms with Crippen LogP contribution in [0.3, 0.4) is 0 Å². The fourth-order valence-corrected chi connectivity index (χ4v) is 5.24. The first-order valence-corrected chi connectivity index (χ1v) is 9.91. The van der Waals surface area contributed by atoms with E-state index in [9.17, 15) is 14.4 Å². The first kappa shape index (κ1) is 17.9. The van der Waals surface area contributed by atoms with Gasteiger partial charge in [0.1, 0.15) is 11.5 Å². The molecule has 4 atom stereocenters. The van der Waals surface area contributed by atoms with Crippen LogP contribution in [-0.2, 0) is 9.59 Å². The van der Waals surface area contributed by atoms with Gasteiger partial charge in [0.2, 0.25) is 11.8 Å². The van der Waals surface area contributed by atoms with Gasteiger partial charge in [-0.05, 0) is 73.6 Å². The number of fused-ring (bicyclic) bond motifs is 5. The minimum absolute atomic E-state index is 0.0756. The molecule has 0 N–H and O–H groups in total. The molecule has 2 saturated carbocycles. The second-order valence-corrected chi connectivity index (χ2v) is 8.01. The van der Waals surface area contributed by atoms with Crippen molar-refractivity contribution in [3.05, 3.63) is 54.1 Å². The van der Waals surface area contributed by atoms with Crippen molar-refractivity contribution in [3.8, 4) is 11.5 Å². The van der Waals surface area contributed by atoms with E-state index in [0.717, 1.165) is 19.3 Å². The smallest absolute Gasteiger partial charge is 0.343 e. The maximum Gasteiger partial charge on any atom is 0.343 e. The zero-order valence-corrected chi connectivity index (χ0v) is 16.0. The molecule has 2 aromatic rings. The molecule has 148 valence electrons. The van der Waals surface area contributed by atoms with Crippen molar-refractivity contribution < 1.29 is 23.9 Å². The molecule has 2 amide bonds. The SMILES string of the molecule is COc1cccc(C(=O)Oc2ccc(N3C(=O)[C@@H]4[C@@H]5CC[C@@H](C5)[C@@H]4C3=O)cc2)c1. The van der Waals surface area contributed by atoms with Crippen molar-refractivity contribution in [1.29, 1.82) is 0 Å². The Balaban J connectivity index is 1.32. The molecule has 1 aliphatic heterocycles. The molecule has 2 bridgehead atoms. The Morgan fingerprint density at radius 3 is 2.21 bits per heavy atom. The van der Waals surface area contributed by atoms with E-state index in [-0.39, 0.29) is 23.7 Å². The predicted octanol–water partition coefficient (Wildman–Crippen LogP) is 3.45. The van der Waals surface area contributed by atoms with Crippen LogP contribution < -0.4 is 14.4 Å². The molecule has 3 aliphatic rings. The van der Waals surface area contributed by atoms with Crippen molar-refractivity contribution in [2.45, 2.75) is 19.3 Å². The third kappa shape index (κ3) is 2.82. The maximum absolute atomic E-state index is 12.9. The molecular weight excluding hydrogens is 370 g/mol. The average molecular weight is 391 g/mol. The Bertz CT molecular complexity index is 971. The third-order valence-electron chi connectivity index (χ3n) is 6.54. The largest absolute Gasteiger partial charge is 0.497 e. The number of nitrogens with zero attached hydrogens (tertiary/aromatic N) is 1. The van der Waals surface area contributed by atoms with Gasteiger partial charge in [-0.25, -0.2) is 4.79 Å². The third-order valence-corrected chi connectivity index (χ3v) is 6.54. The van der Waals surface area contributed by atoms with E-state index in [4.69, 9.17) is 9.47 Å². The first-order valence-electron chi connectivity index (χ1n) is 9.91. The summed E-state index contributed by atoms with van der Waals surface area (Å²) in [6.07, 6.45) is 3.12. The molecular formula is C23H21NO5. The van der Waals surface area contributed by atoms with E-state index in [0.29, 0.717) is 34.6 Å². The normalized spacial score (nSPS) is 27.3. The Hall–Kier alpha value is -3.15. The number of ether oxygens (including phenoxy) is 2. The standard InChI is InChI=1S/C23H21NO5/c1-28-18-4-2-3-15(12-18)23(27)29-17-9-7-16(8-10-17)24-21(25)19-13-5-6-14(11-13)20(19)22(24)26/h2-4,7-10,12-14,19-20H,5-6,11H2,1H3/t13-,14+,19-,20+. The molecule has 6 nitrogen and oxygen atoms in total. The summed E-state index contributed by atoms with van der Waals surface area (Å²) in [6.45, 7) is 0. The van der Waals surface area contributed by atoms with Gasteiger partial charge in [-0.2, -0.15) is 0 Å². The number of carbonyl (C=O) groups excluding carboxylic acids is 3. The van der Waals surface area contributed by atoms with Crippen LogP contribution in [-0.4, -0.2) is 24.9 Å². The highest BCUT2D eigenvalue weighted by molar-refractivity contribution is 6.22. The summed E-state index contributed by atoms with van der Waals surface area (Å²) in [5.41, 5.74) is 0.914. The van der Waals surface area contributed by atoms with Gasteiger partial charge < -0.3 is 9.47 Å². The van der Waals surface area contributed by atoms with E-state index >= 15 is 0 Å². The van der Waals surface area contributed by atoms with E-state index < -0.39 is 5.97 Å². The van der Waals surface area contributed by atoms with Gasteiger partial charge in [0.15, 0.2) is 0 Å². The predicted molar refractivity (Wildman–Crippen MR) is 105 cm³/mol. The number of benzene rings is 2. The lowest BCUT2D eigenvalue weighted by atomic mass is 9.81. The minimum Gasteiger partial charge on any atom is -0.497 e. The molecule has 2 aromatic carbocycles. The highest BCUT2D eigenvalue weighted by atomic mass is 16.5. The zero-order chi connectivity index (χ0) is 20.1. The number of methoxy groups -OCH3 is 1. The molecule has 1 heterocycles. The summed E-state index contributed by atoms with van der Waals surface area (Å²) in [7, 11) is 1.53. The molecule has 6 heteroatoms. The van der Waals surface area contributed by atoms with Gasteiger partial charge in [-0.15, -0.1) is 0 Å². The van der Waals surface area contributed by atoms with Crippen LogP contribution in [0.4, 0.5) is 5.69 Å². The summed E-state index contributed by atoms with van der Waals surface area (Å²) in [6, 6.07) is 13.2. The molecule has 2 aliphatic carbocycles. The summed E-state index contributed by atoms with van der Waals surface area (Å²) in [4.78, 5) is 39.5. The Kier molecular flexibility index (Phi) is 4.15. The topological polar surface area (TPSA) is 72.9 Å². The lowest BCUT2D eigenvalue weighted by Gasteiger charge is -2.19.